The largest absolute Gasteiger partial charge is 0.398 e. The number of nitrogens with two attached hydrogens (primary N) is 1. The van der Waals surface area contributed by atoms with Crippen molar-refractivity contribution in [2.45, 2.75) is 19.9 Å². The van der Waals surface area contributed by atoms with Gasteiger partial charge in [-0.2, -0.15) is 0 Å². The molecule has 4 nitrogen and oxygen atoms in total. The maximum atomic E-state index is 5.98. The fraction of sp³-hybridized carbons (Fsp3) is 0.273. The third kappa shape index (κ3) is 2.02. The Kier molecular flexibility index (Phi) is 3.10. The van der Waals surface area contributed by atoms with Gasteiger partial charge in [0.25, 0.3) is 0 Å². The fourth-order valence-corrected chi connectivity index (χ4v) is 1.73. The lowest BCUT2D eigenvalue weighted by Gasteiger charge is -2.06. The number of anilines is 1. The minimum absolute atomic E-state index is 0.545. The summed E-state index contributed by atoms with van der Waals surface area (Å²) in [4.78, 5) is 0. The molecule has 0 spiro atoms. The summed E-state index contributed by atoms with van der Waals surface area (Å²) in [7, 11) is 0. The van der Waals surface area contributed by atoms with Gasteiger partial charge >= 0.3 is 0 Å². The van der Waals surface area contributed by atoms with E-state index in [0.717, 1.165) is 24.4 Å². The molecule has 2 N–H and O–H groups in total. The van der Waals surface area contributed by atoms with Crippen molar-refractivity contribution in [2.75, 3.05) is 5.73 Å². The van der Waals surface area contributed by atoms with Gasteiger partial charge in [0.2, 0.25) is 0 Å². The highest BCUT2D eigenvalue weighted by atomic mass is 35.5. The summed E-state index contributed by atoms with van der Waals surface area (Å²) >= 11 is 5.98. The van der Waals surface area contributed by atoms with Gasteiger partial charge in [-0.1, -0.05) is 18.5 Å². The van der Waals surface area contributed by atoms with Gasteiger partial charge in [0.1, 0.15) is 6.33 Å². The highest BCUT2D eigenvalue weighted by Gasteiger charge is 2.08. The summed E-state index contributed by atoms with van der Waals surface area (Å²) in [5.74, 6) is 0.823. The molecule has 0 bridgehead atoms. The number of aromatic nitrogens is 3. The number of nitrogen functional groups attached to an aromatic ring is 1. The van der Waals surface area contributed by atoms with Crippen molar-refractivity contribution in [3.8, 4) is 11.4 Å². The van der Waals surface area contributed by atoms with Crippen molar-refractivity contribution in [1.29, 1.82) is 0 Å². The zero-order valence-electron chi connectivity index (χ0n) is 9.02. The predicted molar refractivity (Wildman–Crippen MR) is 65.2 cm³/mol. The summed E-state index contributed by atoms with van der Waals surface area (Å²) < 4.78 is 2.00. The molecule has 2 aromatic rings. The Morgan fingerprint density at radius 1 is 1.44 bits per heavy atom. The lowest BCUT2D eigenvalue weighted by Crippen LogP contribution is -1.98. The second-order valence-electron chi connectivity index (χ2n) is 3.58. The number of halogens is 1. The molecule has 1 aromatic carbocycles. The fourth-order valence-electron chi connectivity index (χ4n) is 1.55. The minimum Gasteiger partial charge on any atom is -0.398 e. The first kappa shape index (κ1) is 11.0. The van der Waals surface area contributed by atoms with E-state index in [-0.39, 0.29) is 0 Å². The Bertz CT molecular complexity index is 492. The zero-order valence-corrected chi connectivity index (χ0v) is 9.78. The van der Waals surface area contributed by atoms with Crippen LogP contribution in [0.1, 0.15) is 13.3 Å². The Balaban J connectivity index is 2.42. The first-order valence-corrected chi connectivity index (χ1v) is 5.53. The molecule has 0 atom stereocenters. The number of benzene rings is 1. The van der Waals surface area contributed by atoms with Gasteiger partial charge in [0.05, 0.1) is 10.7 Å². The van der Waals surface area contributed by atoms with E-state index in [1.165, 1.54) is 0 Å². The zero-order chi connectivity index (χ0) is 11.5. The Morgan fingerprint density at radius 3 is 2.94 bits per heavy atom. The third-order valence-electron chi connectivity index (χ3n) is 2.34. The maximum Gasteiger partial charge on any atom is 0.163 e. The van der Waals surface area contributed by atoms with E-state index in [4.69, 9.17) is 17.3 Å². The van der Waals surface area contributed by atoms with Gasteiger partial charge in [0, 0.05) is 12.1 Å². The van der Waals surface area contributed by atoms with Crippen molar-refractivity contribution in [3.63, 3.8) is 0 Å². The highest BCUT2D eigenvalue weighted by molar-refractivity contribution is 6.33. The molecule has 5 heteroatoms. The van der Waals surface area contributed by atoms with E-state index in [0.29, 0.717) is 10.7 Å². The van der Waals surface area contributed by atoms with Crippen molar-refractivity contribution in [3.05, 3.63) is 29.5 Å². The Morgan fingerprint density at radius 2 is 2.25 bits per heavy atom. The van der Waals surface area contributed by atoms with Gasteiger partial charge in [-0.05, 0) is 24.6 Å². The average molecular weight is 237 g/mol. The molecule has 0 aliphatic rings. The van der Waals surface area contributed by atoms with Gasteiger partial charge in [-0.15, -0.1) is 10.2 Å². The second kappa shape index (κ2) is 4.53. The Labute approximate surface area is 99.1 Å². The van der Waals surface area contributed by atoms with Gasteiger partial charge < -0.3 is 10.3 Å². The number of rotatable bonds is 3. The number of hydrogen-bond acceptors (Lipinski definition) is 3. The van der Waals surface area contributed by atoms with E-state index >= 15 is 0 Å². The van der Waals surface area contributed by atoms with Crippen molar-refractivity contribution >= 4 is 17.3 Å². The molecule has 1 heterocycles. The molecule has 0 aliphatic heterocycles. The van der Waals surface area contributed by atoms with Crippen LogP contribution in [0.2, 0.25) is 5.02 Å². The normalized spacial score (nSPS) is 10.6. The molecular formula is C11H13ClN4. The van der Waals surface area contributed by atoms with Gasteiger partial charge in [-0.3, -0.25) is 0 Å². The van der Waals surface area contributed by atoms with E-state index in [1.54, 1.807) is 12.4 Å². The molecule has 0 fully saturated rings. The number of aryl methyl sites for hydroxylation is 1. The summed E-state index contributed by atoms with van der Waals surface area (Å²) in [6.45, 7) is 3.00. The summed E-state index contributed by atoms with van der Waals surface area (Å²) in [6.07, 6.45) is 2.76. The van der Waals surface area contributed by atoms with E-state index < -0.39 is 0 Å². The molecule has 0 radical (unpaired) electrons. The molecular weight excluding hydrogens is 224 g/mol. The molecule has 0 saturated heterocycles. The van der Waals surface area contributed by atoms with Crippen molar-refractivity contribution in [2.24, 2.45) is 0 Å². The quantitative estimate of drug-likeness (QED) is 0.834. The molecule has 2 rings (SSSR count). The Hall–Kier alpha value is -1.55. The van der Waals surface area contributed by atoms with Crippen molar-refractivity contribution < 1.29 is 0 Å². The number of hydrogen-bond donors (Lipinski definition) is 1. The lowest BCUT2D eigenvalue weighted by molar-refractivity contribution is 0.683. The van der Waals surface area contributed by atoms with Gasteiger partial charge in [0.15, 0.2) is 5.82 Å². The molecule has 84 valence electrons. The maximum absolute atomic E-state index is 5.98. The van der Waals surface area contributed by atoms with Crippen LogP contribution in [-0.4, -0.2) is 14.8 Å². The van der Waals surface area contributed by atoms with E-state index in [2.05, 4.69) is 17.1 Å². The highest BCUT2D eigenvalue weighted by Crippen LogP contribution is 2.25. The third-order valence-corrected chi connectivity index (χ3v) is 2.67. The van der Waals surface area contributed by atoms with Crippen LogP contribution in [0.4, 0.5) is 5.69 Å². The first-order valence-electron chi connectivity index (χ1n) is 5.15. The summed E-state index contributed by atoms with van der Waals surface area (Å²) in [5, 5.41) is 8.54. The molecule has 16 heavy (non-hydrogen) atoms. The predicted octanol–water partition coefficient (Wildman–Crippen LogP) is 2.59. The van der Waals surface area contributed by atoms with Crippen LogP contribution < -0.4 is 5.73 Å². The monoisotopic (exact) mass is 236 g/mol. The smallest absolute Gasteiger partial charge is 0.163 e. The average Bonchev–Trinajstić information content (AvgIpc) is 2.71. The van der Waals surface area contributed by atoms with E-state index in [9.17, 15) is 0 Å². The van der Waals surface area contributed by atoms with Crippen LogP contribution in [0, 0.1) is 0 Å². The minimum atomic E-state index is 0.545. The first-order chi connectivity index (χ1) is 7.72. The summed E-state index contributed by atoms with van der Waals surface area (Å²) in [6, 6.07) is 5.49. The summed E-state index contributed by atoms with van der Waals surface area (Å²) in [5.41, 5.74) is 7.18. The second-order valence-corrected chi connectivity index (χ2v) is 3.99. The van der Waals surface area contributed by atoms with Crippen LogP contribution in [0.3, 0.4) is 0 Å². The van der Waals surface area contributed by atoms with Crippen LogP contribution in [0.15, 0.2) is 24.5 Å². The number of nitrogens with zero attached hydrogens (tertiary/aromatic N) is 3. The lowest BCUT2D eigenvalue weighted by atomic mass is 10.2. The van der Waals surface area contributed by atoms with Crippen LogP contribution in [0.5, 0.6) is 0 Å². The molecule has 0 amide bonds. The van der Waals surface area contributed by atoms with E-state index in [1.807, 2.05) is 16.7 Å². The van der Waals surface area contributed by atoms with Crippen LogP contribution in [0.25, 0.3) is 11.4 Å². The van der Waals surface area contributed by atoms with Crippen LogP contribution in [-0.2, 0) is 6.54 Å². The topological polar surface area (TPSA) is 56.7 Å². The molecule has 0 saturated carbocycles. The molecule has 0 unspecified atom stereocenters. The molecule has 1 aromatic heterocycles. The van der Waals surface area contributed by atoms with Crippen LogP contribution >= 0.6 is 11.6 Å². The van der Waals surface area contributed by atoms with Crippen molar-refractivity contribution in [1.82, 2.24) is 14.8 Å². The van der Waals surface area contributed by atoms with Gasteiger partial charge in [-0.25, -0.2) is 0 Å². The SMILES string of the molecule is CCCn1cnnc1-c1ccc(N)c(Cl)c1. The standard InChI is InChI=1S/C11H13ClN4/c1-2-5-16-7-14-15-11(16)8-3-4-10(13)9(12)6-8/h3-4,6-7H,2,5,13H2,1H3. The molecule has 0 aliphatic carbocycles.